The van der Waals surface area contributed by atoms with Crippen molar-refractivity contribution in [1.29, 1.82) is 0 Å². The average molecular weight is 305 g/mol. The summed E-state index contributed by atoms with van der Waals surface area (Å²) in [7, 11) is 1.67. The van der Waals surface area contributed by atoms with Crippen LogP contribution >= 0.6 is 10.7 Å². The molecule has 1 fully saturated rings. The molecule has 0 atom stereocenters. The predicted molar refractivity (Wildman–Crippen MR) is 66.6 cm³/mol. The molecule has 7 heteroatoms. The van der Waals surface area contributed by atoms with Gasteiger partial charge in [-0.25, -0.2) is 17.2 Å². The van der Waals surface area contributed by atoms with Crippen LogP contribution in [0.5, 0.6) is 0 Å². The van der Waals surface area contributed by atoms with E-state index in [9.17, 15) is 17.2 Å². The third kappa shape index (κ3) is 6.29. The number of hydrogen-bond donors (Lipinski definition) is 0. The molecule has 0 spiro atoms. The molecule has 0 aromatic rings. The van der Waals surface area contributed by atoms with Gasteiger partial charge in [-0.05, 0) is 12.8 Å². The highest BCUT2D eigenvalue weighted by molar-refractivity contribution is 8.13. The lowest BCUT2D eigenvalue weighted by molar-refractivity contribution is -0.0195. The maximum absolute atomic E-state index is 12.1. The molecule has 0 aliphatic heterocycles. The zero-order valence-corrected chi connectivity index (χ0v) is 11.8. The van der Waals surface area contributed by atoms with Crippen molar-refractivity contribution in [2.24, 2.45) is 5.41 Å². The predicted octanol–water partition coefficient (Wildman–Crippen LogP) is 3.18. The smallest absolute Gasteiger partial charge is 0.261 e. The zero-order chi connectivity index (χ0) is 13.6. The summed E-state index contributed by atoms with van der Waals surface area (Å²) in [5.74, 6) is -0.190. The monoisotopic (exact) mass is 304 g/mol. The highest BCUT2D eigenvalue weighted by Gasteiger charge is 2.35. The molecule has 0 radical (unpaired) electrons. The van der Waals surface area contributed by atoms with Crippen LogP contribution in [0.1, 0.15) is 38.5 Å². The summed E-state index contributed by atoms with van der Waals surface area (Å²) in [5, 5.41) is 0. The molecular weight excluding hydrogens is 286 g/mol. The van der Waals surface area contributed by atoms with Gasteiger partial charge in [-0.15, -0.1) is 0 Å². The Hall–Kier alpha value is 0.0600. The summed E-state index contributed by atoms with van der Waals surface area (Å²) in [6.45, 7) is -0.604. The molecule has 0 N–H and O–H groups in total. The molecule has 0 amide bonds. The quantitative estimate of drug-likeness (QED) is 0.559. The second-order valence-corrected chi connectivity index (χ2v) is 7.78. The molecule has 1 saturated carbocycles. The van der Waals surface area contributed by atoms with Gasteiger partial charge >= 0.3 is 0 Å². The average Bonchev–Trinajstić information content (AvgIpc) is 2.40. The van der Waals surface area contributed by atoms with Gasteiger partial charge in [0, 0.05) is 16.1 Å². The van der Waals surface area contributed by atoms with Crippen LogP contribution in [-0.2, 0) is 13.8 Å². The van der Waals surface area contributed by atoms with E-state index in [0.717, 1.165) is 25.7 Å². The van der Waals surface area contributed by atoms with Gasteiger partial charge in [0.05, 0.1) is 12.4 Å². The van der Waals surface area contributed by atoms with Crippen LogP contribution in [0.4, 0.5) is 8.78 Å². The van der Waals surface area contributed by atoms with Crippen molar-refractivity contribution in [1.82, 2.24) is 0 Å². The van der Waals surface area contributed by atoms with Crippen molar-refractivity contribution in [3.05, 3.63) is 0 Å². The lowest BCUT2D eigenvalue weighted by Crippen LogP contribution is -2.34. The molecule has 108 valence electrons. The first-order chi connectivity index (χ1) is 8.33. The Kier molecular flexibility index (Phi) is 6.27. The largest absolute Gasteiger partial charge is 0.375 e. The SMILES string of the molecule is O=S(=O)(Cl)CC1(COCC(F)F)CCCCCC1. The Morgan fingerprint density at radius 2 is 1.72 bits per heavy atom. The third-order valence-electron chi connectivity index (χ3n) is 3.29. The van der Waals surface area contributed by atoms with E-state index >= 15 is 0 Å². The first-order valence-corrected chi connectivity index (χ1v) is 8.59. The molecule has 0 saturated heterocycles. The van der Waals surface area contributed by atoms with E-state index in [1.807, 2.05) is 0 Å². The van der Waals surface area contributed by atoms with Crippen LogP contribution in [0.25, 0.3) is 0 Å². The molecule has 1 aliphatic rings. The van der Waals surface area contributed by atoms with Crippen LogP contribution in [0.15, 0.2) is 0 Å². The minimum atomic E-state index is -3.64. The van der Waals surface area contributed by atoms with Gasteiger partial charge in [0.25, 0.3) is 6.43 Å². The Balaban J connectivity index is 2.66. The molecule has 1 rings (SSSR count). The second-order valence-electron chi connectivity index (χ2n) is 5.00. The molecule has 0 bridgehead atoms. The molecule has 0 aromatic carbocycles. The number of hydrogen-bond acceptors (Lipinski definition) is 3. The molecule has 1 aliphatic carbocycles. The van der Waals surface area contributed by atoms with Crippen molar-refractivity contribution in [2.45, 2.75) is 45.0 Å². The van der Waals surface area contributed by atoms with Gasteiger partial charge in [0.2, 0.25) is 9.05 Å². The van der Waals surface area contributed by atoms with Gasteiger partial charge in [-0.2, -0.15) is 0 Å². The van der Waals surface area contributed by atoms with Crippen molar-refractivity contribution in [3.63, 3.8) is 0 Å². The van der Waals surface area contributed by atoms with Crippen LogP contribution in [0, 0.1) is 5.41 Å². The van der Waals surface area contributed by atoms with Gasteiger partial charge in [0.1, 0.15) is 6.61 Å². The zero-order valence-electron chi connectivity index (χ0n) is 10.2. The lowest BCUT2D eigenvalue weighted by Gasteiger charge is -2.31. The fraction of sp³-hybridized carbons (Fsp3) is 1.00. The summed E-state index contributed by atoms with van der Waals surface area (Å²) >= 11 is 0. The van der Waals surface area contributed by atoms with E-state index in [1.54, 1.807) is 0 Å². The number of halogens is 3. The number of alkyl halides is 2. The molecule has 18 heavy (non-hydrogen) atoms. The fourth-order valence-electron chi connectivity index (χ4n) is 2.54. The Morgan fingerprint density at radius 1 is 1.17 bits per heavy atom. The van der Waals surface area contributed by atoms with Gasteiger partial charge < -0.3 is 4.74 Å². The van der Waals surface area contributed by atoms with Gasteiger partial charge in [-0.1, -0.05) is 25.7 Å². The highest BCUT2D eigenvalue weighted by Crippen LogP contribution is 2.37. The normalized spacial score (nSPS) is 20.9. The highest BCUT2D eigenvalue weighted by atomic mass is 35.7. The first-order valence-electron chi connectivity index (χ1n) is 6.11. The van der Waals surface area contributed by atoms with Crippen molar-refractivity contribution < 1.29 is 21.9 Å². The third-order valence-corrected chi connectivity index (χ3v) is 4.58. The second kappa shape index (κ2) is 7.01. The fourth-order valence-corrected chi connectivity index (χ4v) is 4.34. The van der Waals surface area contributed by atoms with E-state index in [2.05, 4.69) is 0 Å². The van der Waals surface area contributed by atoms with E-state index in [4.69, 9.17) is 15.4 Å². The molecular formula is C11H19ClF2O3S. The van der Waals surface area contributed by atoms with Crippen molar-refractivity contribution in [3.8, 4) is 0 Å². The Bertz CT molecular complexity index is 338. The standard InChI is InChI=1S/C11H19ClF2O3S/c12-18(15,16)9-11(8-17-7-10(13)14)5-3-1-2-4-6-11/h10H,1-9H2. The van der Waals surface area contributed by atoms with Crippen LogP contribution in [0.2, 0.25) is 0 Å². The van der Waals surface area contributed by atoms with Gasteiger partial charge in [0.15, 0.2) is 0 Å². The van der Waals surface area contributed by atoms with E-state index in [1.165, 1.54) is 0 Å². The Labute approximate surface area is 111 Å². The number of rotatable bonds is 6. The van der Waals surface area contributed by atoms with E-state index in [-0.39, 0.29) is 12.4 Å². The summed E-state index contributed by atoms with van der Waals surface area (Å²) in [6, 6.07) is 0. The van der Waals surface area contributed by atoms with Crippen LogP contribution in [0.3, 0.4) is 0 Å². The minimum absolute atomic E-state index is 0.0449. The summed E-state index contributed by atoms with van der Waals surface area (Å²) in [6.07, 6.45) is 2.68. The maximum atomic E-state index is 12.1. The van der Waals surface area contributed by atoms with E-state index < -0.39 is 27.5 Å². The van der Waals surface area contributed by atoms with Crippen LogP contribution in [-0.4, -0.2) is 33.8 Å². The summed E-state index contributed by atoms with van der Waals surface area (Å²) in [4.78, 5) is 0. The summed E-state index contributed by atoms with van der Waals surface area (Å²) < 4.78 is 51.6. The first kappa shape index (κ1) is 16.1. The number of ether oxygens (including phenoxy) is 1. The van der Waals surface area contributed by atoms with E-state index in [0.29, 0.717) is 12.8 Å². The maximum Gasteiger partial charge on any atom is 0.261 e. The van der Waals surface area contributed by atoms with Crippen molar-refractivity contribution in [2.75, 3.05) is 19.0 Å². The molecule has 0 aromatic heterocycles. The van der Waals surface area contributed by atoms with Crippen LogP contribution < -0.4 is 0 Å². The lowest BCUT2D eigenvalue weighted by atomic mass is 9.83. The minimum Gasteiger partial charge on any atom is -0.375 e. The Morgan fingerprint density at radius 3 is 2.17 bits per heavy atom. The molecule has 0 unspecified atom stereocenters. The van der Waals surface area contributed by atoms with Crippen molar-refractivity contribution >= 4 is 19.7 Å². The topological polar surface area (TPSA) is 43.4 Å². The van der Waals surface area contributed by atoms with Gasteiger partial charge in [-0.3, -0.25) is 0 Å². The molecule has 3 nitrogen and oxygen atoms in total. The summed E-state index contributed by atoms with van der Waals surface area (Å²) in [5.41, 5.74) is -0.591. The molecule has 0 heterocycles.